The number of pyridine rings is 1. The van der Waals surface area contributed by atoms with Crippen LogP contribution in [0.5, 0.6) is 0 Å². The van der Waals surface area contributed by atoms with E-state index < -0.39 is 0 Å². The minimum atomic E-state index is -0.155. The molecule has 5 nitrogen and oxygen atoms in total. The number of amides is 1. The average molecular weight is 356 g/mol. The van der Waals surface area contributed by atoms with E-state index in [1.165, 1.54) is 11.1 Å². The molecule has 5 heteroatoms. The third-order valence-electron chi connectivity index (χ3n) is 4.49. The van der Waals surface area contributed by atoms with Gasteiger partial charge in [0.05, 0.1) is 23.1 Å². The summed E-state index contributed by atoms with van der Waals surface area (Å²) in [5, 5.41) is 2.95. The molecule has 4 aromatic rings. The zero-order chi connectivity index (χ0) is 18.6. The van der Waals surface area contributed by atoms with Gasteiger partial charge in [-0.2, -0.15) is 0 Å². The summed E-state index contributed by atoms with van der Waals surface area (Å²) in [5.41, 5.74) is 4.96. The summed E-state index contributed by atoms with van der Waals surface area (Å²) in [6.45, 7) is 3.15. The van der Waals surface area contributed by atoms with Crippen LogP contribution in [0.3, 0.4) is 0 Å². The molecule has 0 radical (unpaired) electrons. The van der Waals surface area contributed by atoms with E-state index in [9.17, 15) is 4.79 Å². The van der Waals surface area contributed by atoms with Gasteiger partial charge in [0.25, 0.3) is 5.91 Å². The molecule has 2 aromatic heterocycles. The lowest BCUT2D eigenvalue weighted by Crippen LogP contribution is -2.25. The Morgan fingerprint density at radius 1 is 1.07 bits per heavy atom. The first-order chi connectivity index (χ1) is 13.2. The average Bonchev–Trinajstić information content (AvgIpc) is 3.04. The summed E-state index contributed by atoms with van der Waals surface area (Å²) in [6.07, 6.45) is 3.21. The smallest absolute Gasteiger partial charge is 0.253 e. The van der Waals surface area contributed by atoms with E-state index in [1.54, 1.807) is 24.5 Å². The molecule has 0 spiro atoms. The quantitative estimate of drug-likeness (QED) is 0.593. The SMILES string of the molecule is Cc1cccc(Cn2c(CNC(=O)c3cccnc3)nc3ccccc32)c1. The van der Waals surface area contributed by atoms with Gasteiger partial charge in [-0.05, 0) is 36.8 Å². The number of aryl methyl sites for hydroxylation is 1. The summed E-state index contributed by atoms with van der Waals surface area (Å²) in [4.78, 5) is 21.1. The standard InChI is InChI=1S/C22H20N4O/c1-16-6-4-7-17(12-16)15-26-20-10-3-2-9-19(20)25-21(26)14-24-22(27)18-8-5-11-23-13-18/h2-13H,14-15H2,1H3,(H,24,27). The lowest BCUT2D eigenvalue weighted by molar-refractivity contribution is 0.0949. The predicted molar refractivity (Wildman–Crippen MR) is 105 cm³/mol. The lowest BCUT2D eigenvalue weighted by atomic mass is 10.1. The summed E-state index contributed by atoms with van der Waals surface area (Å²) < 4.78 is 2.16. The molecule has 0 aliphatic carbocycles. The van der Waals surface area contributed by atoms with Gasteiger partial charge >= 0.3 is 0 Å². The van der Waals surface area contributed by atoms with Gasteiger partial charge in [-0.1, -0.05) is 42.0 Å². The first-order valence-corrected chi connectivity index (χ1v) is 8.88. The van der Waals surface area contributed by atoms with E-state index in [0.29, 0.717) is 18.7 Å². The largest absolute Gasteiger partial charge is 0.345 e. The highest BCUT2D eigenvalue weighted by Crippen LogP contribution is 2.18. The van der Waals surface area contributed by atoms with Crippen LogP contribution < -0.4 is 5.32 Å². The number of carbonyl (C=O) groups excluding carboxylic acids is 1. The monoisotopic (exact) mass is 356 g/mol. The fourth-order valence-corrected chi connectivity index (χ4v) is 3.19. The van der Waals surface area contributed by atoms with Crippen LogP contribution >= 0.6 is 0 Å². The van der Waals surface area contributed by atoms with Gasteiger partial charge in [0.15, 0.2) is 0 Å². The van der Waals surface area contributed by atoms with E-state index in [4.69, 9.17) is 4.98 Å². The Morgan fingerprint density at radius 3 is 2.78 bits per heavy atom. The molecule has 0 aliphatic heterocycles. The first kappa shape index (κ1) is 17.0. The van der Waals surface area contributed by atoms with Crippen LogP contribution in [0.1, 0.15) is 27.3 Å². The second-order valence-electron chi connectivity index (χ2n) is 6.52. The summed E-state index contributed by atoms with van der Waals surface area (Å²) in [6, 6.07) is 20.0. The first-order valence-electron chi connectivity index (χ1n) is 8.88. The third-order valence-corrected chi connectivity index (χ3v) is 4.49. The minimum Gasteiger partial charge on any atom is -0.345 e. The number of rotatable bonds is 5. The van der Waals surface area contributed by atoms with Crippen LogP contribution in [0.2, 0.25) is 0 Å². The zero-order valence-corrected chi connectivity index (χ0v) is 15.1. The van der Waals surface area contributed by atoms with E-state index in [2.05, 4.69) is 52.1 Å². The maximum absolute atomic E-state index is 12.4. The number of hydrogen-bond acceptors (Lipinski definition) is 3. The number of hydrogen-bond donors (Lipinski definition) is 1. The van der Waals surface area contributed by atoms with Crippen LogP contribution in [0.25, 0.3) is 11.0 Å². The van der Waals surface area contributed by atoms with Crippen molar-refractivity contribution in [2.75, 3.05) is 0 Å². The maximum atomic E-state index is 12.4. The molecule has 0 unspecified atom stereocenters. The Hall–Kier alpha value is -3.47. The van der Waals surface area contributed by atoms with Crippen LogP contribution in [0.4, 0.5) is 0 Å². The molecular formula is C22H20N4O. The molecule has 0 saturated carbocycles. The third kappa shape index (κ3) is 3.72. The Kier molecular flexibility index (Phi) is 4.66. The highest BCUT2D eigenvalue weighted by molar-refractivity contribution is 5.93. The molecule has 0 fully saturated rings. The Morgan fingerprint density at radius 2 is 1.96 bits per heavy atom. The fourth-order valence-electron chi connectivity index (χ4n) is 3.19. The Labute approximate surface area is 157 Å². The number of benzene rings is 2. The van der Waals surface area contributed by atoms with Gasteiger partial charge in [0.2, 0.25) is 0 Å². The molecule has 0 atom stereocenters. The molecule has 4 rings (SSSR count). The normalized spacial score (nSPS) is 10.9. The van der Waals surface area contributed by atoms with Crippen molar-refractivity contribution in [3.8, 4) is 0 Å². The summed E-state index contributed by atoms with van der Waals surface area (Å²) in [7, 11) is 0. The van der Waals surface area contributed by atoms with E-state index >= 15 is 0 Å². The summed E-state index contributed by atoms with van der Waals surface area (Å²) in [5.74, 6) is 0.673. The van der Waals surface area contributed by atoms with Crippen LogP contribution in [-0.4, -0.2) is 20.4 Å². The minimum absolute atomic E-state index is 0.155. The summed E-state index contributed by atoms with van der Waals surface area (Å²) >= 11 is 0. The number of fused-ring (bicyclic) bond motifs is 1. The zero-order valence-electron chi connectivity index (χ0n) is 15.1. The number of nitrogens with one attached hydrogen (secondary N) is 1. The highest BCUT2D eigenvalue weighted by atomic mass is 16.1. The number of nitrogens with zero attached hydrogens (tertiary/aromatic N) is 3. The maximum Gasteiger partial charge on any atom is 0.253 e. The van der Waals surface area contributed by atoms with E-state index in [-0.39, 0.29) is 5.91 Å². The van der Waals surface area contributed by atoms with Crippen molar-refractivity contribution in [1.29, 1.82) is 0 Å². The number of para-hydroxylation sites is 2. The van der Waals surface area contributed by atoms with Crippen molar-refractivity contribution in [1.82, 2.24) is 19.9 Å². The fraction of sp³-hybridized carbons (Fsp3) is 0.136. The van der Waals surface area contributed by atoms with Crippen molar-refractivity contribution in [2.24, 2.45) is 0 Å². The second-order valence-corrected chi connectivity index (χ2v) is 6.52. The molecule has 0 aliphatic rings. The molecule has 2 heterocycles. The molecule has 1 amide bonds. The molecule has 0 bridgehead atoms. The van der Waals surface area contributed by atoms with E-state index in [1.807, 2.05) is 18.2 Å². The van der Waals surface area contributed by atoms with Gasteiger partial charge in [-0.25, -0.2) is 4.98 Å². The molecule has 2 aromatic carbocycles. The Balaban J connectivity index is 1.63. The van der Waals surface area contributed by atoms with Crippen molar-refractivity contribution in [3.05, 3.63) is 95.6 Å². The van der Waals surface area contributed by atoms with Gasteiger partial charge < -0.3 is 9.88 Å². The van der Waals surface area contributed by atoms with Crippen molar-refractivity contribution in [3.63, 3.8) is 0 Å². The van der Waals surface area contributed by atoms with Crippen LogP contribution in [0.15, 0.2) is 73.1 Å². The predicted octanol–water partition coefficient (Wildman–Crippen LogP) is 3.72. The lowest BCUT2D eigenvalue weighted by Gasteiger charge is -2.11. The molecule has 1 N–H and O–H groups in total. The molecule has 134 valence electrons. The van der Waals surface area contributed by atoms with Gasteiger partial charge in [0.1, 0.15) is 5.82 Å². The molecular weight excluding hydrogens is 336 g/mol. The highest BCUT2D eigenvalue weighted by Gasteiger charge is 2.13. The van der Waals surface area contributed by atoms with Gasteiger partial charge in [0, 0.05) is 18.9 Å². The van der Waals surface area contributed by atoms with Crippen molar-refractivity contribution in [2.45, 2.75) is 20.0 Å². The Bertz CT molecular complexity index is 1090. The molecule has 27 heavy (non-hydrogen) atoms. The van der Waals surface area contributed by atoms with Crippen LogP contribution in [-0.2, 0) is 13.1 Å². The number of carbonyl (C=O) groups is 1. The van der Waals surface area contributed by atoms with Gasteiger partial charge in [-0.15, -0.1) is 0 Å². The second kappa shape index (κ2) is 7.41. The van der Waals surface area contributed by atoms with Crippen molar-refractivity contribution < 1.29 is 4.79 Å². The van der Waals surface area contributed by atoms with E-state index in [0.717, 1.165) is 16.9 Å². The number of aromatic nitrogens is 3. The topological polar surface area (TPSA) is 59.8 Å². The number of imidazole rings is 1. The molecule has 0 saturated heterocycles. The van der Waals surface area contributed by atoms with Gasteiger partial charge in [-0.3, -0.25) is 9.78 Å². The van der Waals surface area contributed by atoms with Crippen LogP contribution in [0, 0.1) is 6.92 Å². The van der Waals surface area contributed by atoms with Crippen molar-refractivity contribution >= 4 is 16.9 Å².